The molecule has 0 bridgehead atoms. The maximum Gasteiger partial charge on any atom is 0.0714 e. The van der Waals surface area contributed by atoms with E-state index in [1.807, 2.05) is 0 Å². The second kappa shape index (κ2) is 17.2. The van der Waals surface area contributed by atoms with Crippen LogP contribution in [0.2, 0.25) is 0 Å². The molecule has 1 heteroatoms. The van der Waals surface area contributed by atoms with Gasteiger partial charge in [-0.05, 0) is 154 Å². The van der Waals surface area contributed by atoms with E-state index in [1.54, 1.807) is 0 Å². The van der Waals surface area contributed by atoms with Crippen LogP contribution >= 0.6 is 0 Å². The van der Waals surface area contributed by atoms with Crippen LogP contribution in [0, 0.1) is 6.92 Å². The van der Waals surface area contributed by atoms with Gasteiger partial charge >= 0.3 is 0 Å². The molecule has 0 amide bonds. The van der Waals surface area contributed by atoms with Crippen molar-refractivity contribution >= 4 is 27.8 Å². The topological polar surface area (TPSA) is 3.24 Å². The van der Waals surface area contributed by atoms with E-state index in [2.05, 4.69) is 299 Å². The molecule has 1 unspecified atom stereocenters. The molecule has 1 atom stereocenters. The number of fused-ring (bicyclic) bond motifs is 7. The third-order valence-corrected chi connectivity index (χ3v) is 16.6. The van der Waals surface area contributed by atoms with E-state index in [0.717, 1.165) is 17.1 Å². The van der Waals surface area contributed by atoms with Crippen LogP contribution < -0.4 is 4.90 Å². The van der Waals surface area contributed by atoms with E-state index in [4.69, 9.17) is 0 Å². The third kappa shape index (κ3) is 7.41. The Morgan fingerprint density at radius 2 is 0.622 bits per heavy atom. The number of benzene rings is 10. The maximum atomic E-state index is 2.53. The predicted octanol–water partition coefficient (Wildman–Crippen LogP) is 19.2. The first-order valence-electron chi connectivity index (χ1n) is 26.7. The van der Waals surface area contributed by atoms with E-state index in [9.17, 15) is 0 Å². The molecule has 10 aromatic rings. The minimum atomic E-state index is -0.595. The lowest BCUT2D eigenvalue weighted by molar-refractivity contribution is 0.588. The summed E-state index contributed by atoms with van der Waals surface area (Å²) < 4.78 is 0. The molecule has 2 aliphatic rings. The summed E-state index contributed by atoms with van der Waals surface area (Å²) in [6.07, 6.45) is 0. The lowest BCUT2D eigenvalue weighted by Crippen LogP contribution is -2.29. The standard InChI is InChI=1S/C73H67N/c1-48-24-25-50-45-58(39-26-49(50)44-48)74(59-40-42-63-61-20-14-16-22-65(61)72(67(63)46-59,54-18-12-11-13-19-54)55-33-27-51(28-34-55)69(2,3)4)60-41-43-64-62-21-15-17-23-66(62)73(68(64)47-60,56-35-29-52(30-36-56)70(5,6)7)57-37-31-53(32-38-57)71(8,9)10/h11-47H,1-10H3. The Balaban J connectivity index is 1.14. The highest BCUT2D eigenvalue weighted by Gasteiger charge is 2.48. The molecule has 10 aromatic carbocycles. The van der Waals surface area contributed by atoms with Crippen LogP contribution in [0.4, 0.5) is 17.1 Å². The van der Waals surface area contributed by atoms with Crippen LogP contribution in [0.5, 0.6) is 0 Å². The van der Waals surface area contributed by atoms with Gasteiger partial charge in [0.05, 0.1) is 10.8 Å². The molecule has 2 aliphatic carbocycles. The van der Waals surface area contributed by atoms with Crippen LogP contribution in [0.15, 0.2) is 224 Å². The highest BCUT2D eigenvalue weighted by Crippen LogP contribution is 2.60. The maximum absolute atomic E-state index is 2.53. The first-order chi connectivity index (χ1) is 35.5. The fourth-order valence-corrected chi connectivity index (χ4v) is 12.7. The zero-order valence-corrected chi connectivity index (χ0v) is 44.8. The normalized spacial score (nSPS) is 15.6. The molecule has 0 aromatic heterocycles. The Morgan fingerprint density at radius 3 is 1.05 bits per heavy atom. The first kappa shape index (κ1) is 47.3. The van der Waals surface area contributed by atoms with Crippen molar-refractivity contribution in [3.8, 4) is 22.3 Å². The van der Waals surface area contributed by atoms with Crippen LogP contribution in [0.25, 0.3) is 33.0 Å². The van der Waals surface area contributed by atoms with E-state index in [1.165, 1.54) is 99.8 Å². The Kier molecular flexibility index (Phi) is 11.0. The van der Waals surface area contributed by atoms with Crippen molar-refractivity contribution in [2.45, 2.75) is 96.3 Å². The van der Waals surface area contributed by atoms with Gasteiger partial charge < -0.3 is 4.90 Å². The van der Waals surface area contributed by atoms with E-state index < -0.39 is 10.8 Å². The van der Waals surface area contributed by atoms with E-state index in [-0.39, 0.29) is 16.2 Å². The van der Waals surface area contributed by atoms with Crippen molar-refractivity contribution < 1.29 is 0 Å². The molecule has 0 saturated heterocycles. The number of nitrogens with zero attached hydrogens (tertiary/aromatic N) is 1. The third-order valence-electron chi connectivity index (χ3n) is 16.6. The van der Waals surface area contributed by atoms with Crippen LogP contribution in [-0.4, -0.2) is 0 Å². The van der Waals surface area contributed by atoms with Crippen molar-refractivity contribution in [3.63, 3.8) is 0 Å². The fourth-order valence-electron chi connectivity index (χ4n) is 12.7. The number of rotatable bonds is 7. The quantitative estimate of drug-likeness (QED) is 0.154. The highest BCUT2D eigenvalue weighted by molar-refractivity contribution is 5.94. The van der Waals surface area contributed by atoms with Gasteiger partial charge in [0.15, 0.2) is 0 Å². The Hall–Kier alpha value is -7.74. The first-order valence-corrected chi connectivity index (χ1v) is 26.7. The van der Waals surface area contributed by atoms with Crippen molar-refractivity contribution in [2.75, 3.05) is 4.90 Å². The minimum Gasteiger partial charge on any atom is -0.310 e. The molecular weight excluding hydrogens is 891 g/mol. The lowest BCUT2D eigenvalue weighted by atomic mass is 9.66. The predicted molar refractivity (Wildman–Crippen MR) is 314 cm³/mol. The number of hydrogen-bond donors (Lipinski definition) is 0. The van der Waals surface area contributed by atoms with Gasteiger partial charge in [0.1, 0.15) is 0 Å². The van der Waals surface area contributed by atoms with Crippen molar-refractivity contribution in [1.82, 2.24) is 0 Å². The second-order valence-electron chi connectivity index (χ2n) is 24.3. The molecule has 0 saturated carbocycles. The lowest BCUT2D eigenvalue weighted by Gasteiger charge is -2.36. The molecule has 0 spiro atoms. The van der Waals surface area contributed by atoms with Gasteiger partial charge in [-0.25, -0.2) is 0 Å². The monoisotopic (exact) mass is 958 g/mol. The zero-order valence-electron chi connectivity index (χ0n) is 44.8. The van der Waals surface area contributed by atoms with Gasteiger partial charge in [0, 0.05) is 17.1 Å². The molecular formula is C73H67N. The summed E-state index contributed by atoms with van der Waals surface area (Å²) in [5, 5.41) is 2.45. The van der Waals surface area contributed by atoms with Crippen molar-refractivity contribution in [2.24, 2.45) is 0 Å². The van der Waals surface area contributed by atoms with Gasteiger partial charge in [-0.2, -0.15) is 0 Å². The van der Waals surface area contributed by atoms with Gasteiger partial charge in [-0.15, -0.1) is 0 Å². The number of anilines is 3. The molecule has 0 N–H and O–H groups in total. The summed E-state index contributed by atoms with van der Waals surface area (Å²) in [5.41, 5.74) is 22.8. The Bertz CT molecular complexity index is 3700. The Morgan fingerprint density at radius 1 is 0.284 bits per heavy atom. The summed E-state index contributed by atoms with van der Waals surface area (Å²) in [7, 11) is 0. The molecule has 0 fully saturated rings. The van der Waals surface area contributed by atoms with E-state index in [0.29, 0.717) is 0 Å². The van der Waals surface area contributed by atoms with Crippen LogP contribution in [0.1, 0.15) is 129 Å². The SMILES string of the molecule is Cc1ccc2cc(N(c3ccc4c(c3)C(c3ccccc3)(c3ccc(C(C)(C)C)cc3)c3ccccc3-4)c3ccc4c(c3)C(c3ccc(C(C)(C)C)cc3)(c3ccc(C(C)(C)C)cc3)c3ccccc3-4)ccc2c1. The summed E-state index contributed by atoms with van der Waals surface area (Å²) in [5.74, 6) is 0. The Labute approximate surface area is 440 Å². The van der Waals surface area contributed by atoms with E-state index >= 15 is 0 Å². The summed E-state index contributed by atoms with van der Waals surface area (Å²) in [6.45, 7) is 22.9. The average Bonchev–Trinajstić information content (AvgIpc) is 3.90. The van der Waals surface area contributed by atoms with Gasteiger partial charge in [0.25, 0.3) is 0 Å². The molecule has 1 nitrogen and oxygen atoms in total. The molecule has 74 heavy (non-hydrogen) atoms. The second-order valence-corrected chi connectivity index (χ2v) is 24.3. The van der Waals surface area contributed by atoms with Crippen molar-refractivity contribution in [3.05, 3.63) is 291 Å². The van der Waals surface area contributed by atoms with Crippen LogP contribution in [0.3, 0.4) is 0 Å². The number of aryl methyl sites for hydroxylation is 1. The zero-order chi connectivity index (χ0) is 51.4. The van der Waals surface area contributed by atoms with Crippen molar-refractivity contribution in [1.29, 1.82) is 0 Å². The van der Waals surface area contributed by atoms with Crippen LogP contribution in [-0.2, 0) is 27.1 Å². The largest absolute Gasteiger partial charge is 0.310 e. The van der Waals surface area contributed by atoms with Gasteiger partial charge in [0.2, 0.25) is 0 Å². The number of hydrogen-bond acceptors (Lipinski definition) is 1. The molecule has 0 heterocycles. The molecule has 12 rings (SSSR count). The molecule has 0 radical (unpaired) electrons. The summed E-state index contributed by atoms with van der Waals surface area (Å²) in [4.78, 5) is 2.53. The smallest absolute Gasteiger partial charge is 0.0714 e. The fraction of sp³-hybridized carbons (Fsp3) is 0.205. The summed E-state index contributed by atoms with van der Waals surface area (Å²) in [6, 6.07) is 86.5. The molecule has 364 valence electrons. The minimum absolute atomic E-state index is 0.0168. The van der Waals surface area contributed by atoms with Gasteiger partial charge in [-0.3, -0.25) is 0 Å². The average molecular weight is 958 g/mol. The molecule has 0 aliphatic heterocycles. The summed E-state index contributed by atoms with van der Waals surface area (Å²) >= 11 is 0. The van der Waals surface area contributed by atoms with Gasteiger partial charge in [-0.1, -0.05) is 256 Å². The highest BCUT2D eigenvalue weighted by atomic mass is 15.1.